The van der Waals surface area contributed by atoms with Crippen molar-refractivity contribution < 1.29 is 14.6 Å². The molecule has 94 valence electrons. The average molecular weight is 229 g/mol. The molecule has 0 aliphatic carbocycles. The van der Waals surface area contributed by atoms with E-state index in [1.807, 2.05) is 11.9 Å². The molecule has 0 aromatic heterocycles. The van der Waals surface area contributed by atoms with Gasteiger partial charge in [0.1, 0.15) is 5.54 Å². The molecule has 0 saturated carbocycles. The summed E-state index contributed by atoms with van der Waals surface area (Å²) >= 11 is 0. The topological polar surface area (TPSA) is 49.8 Å². The van der Waals surface area contributed by atoms with E-state index in [0.717, 1.165) is 6.54 Å². The summed E-state index contributed by atoms with van der Waals surface area (Å²) in [6.07, 6.45) is 1.16. The van der Waals surface area contributed by atoms with Crippen molar-refractivity contribution in [2.24, 2.45) is 5.41 Å². The van der Waals surface area contributed by atoms with Gasteiger partial charge < -0.3 is 9.84 Å². The molecule has 0 unspecified atom stereocenters. The standard InChI is InChI=1S/C12H23NO3/c1-11(2,3)9-13(4)12(10(14)15)5-7-16-8-6-12/h5-9H2,1-4H3,(H,14,15). The zero-order chi connectivity index (χ0) is 12.4. The van der Waals surface area contributed by atoms with Gasteiger partial charge in [0.2, 0.25) is 0 Å². The van der Waals surface area contributed by atoms with Crippen molar-refractivity contribution in [3.05, 3.63) is 0 Å². The van der Waals surface area contributed by atoms with E-state index >= 15 is 0 Å². The second-order valence-corrected chi connectivity index (χ2v) is 5.87. The first kappa shape index (κ1) is 13.5. The number of hydrogen-bond donors (Lipinski definition) is 1. The molecule has 1 heterocycles. The van der Waals surface area contributed by atoms with Crippen LogP contribution in [0.3, 0.4) is 0 Å². The maximum atomic E-state index is 11.5. The van der Waals surface area contributed by atoms with Crippen molar-refractivity contribution in [3.8, 4) is 0 Å². The van der Waals surface area contributed by atoms with Gasteiger partial charge >= 0.3 is 5.97 Å². The van der Waals surface area contributed by atoms with Crippen LogP contribution in [0.2, 0.25) is 0 Å². The van der Waals surface area contributed by atoms with Crippen molar-refractivity contribution in [3.63, 3.8) is 0 Å². The van der Waals surface area contributed by atoms with Gasteiger partial charge in [-0.25, -0.2) is 0 Å². The number of carboxylic acid groups (broad SMARTS) is 1. The fraction of sp³-hybridized carbons (Fsp3) is 0.917. The fourth-order valence-electron chi connectivity index (χ4n) is 2.33. The number of rotatable bonds is 3. The summed E-state index contributed by atoms with van der Waals surface area (Å²) in [6.45, 7) is 8.23. The molecule has 1 aliphatic heterocycles. The van der Waals surface area contributed by atoms with Gasteiger partial charge in [-0.1, -0.05) is 20.8 Å². The summed E-state index contributed by atoms with van der Waals surface area (Å²) in [5.41, 5.74) is -0.624. The SMILES string of the molecule is CN(CC(C)(C)C)C1(C(=O)O)CCOCC1. The van der Waals surface area contributed by atoms with Crippen molar-refractivity contribution in [2.75, 3.05) is 26.8 Å². The van der Waals surface area contributed by atoms with Crippen LogP contribution < -0.4 is 0 Å². The van der Waals surface area contributed by atoms with E-state index < -0.39 is 11.5 Å². The summed E-state index contributed by atoms with van der Waals surface area (Å²) < 4.78 is 5.27. The Balaban J connectivity index is 2.80. The molecule has 0 atom stereocenters. The molecule has 0 radical (unpaired) electrons. The Kier molecular flexibility index (Phi) is 3.97. The van der Waals surface area contributed by atoms with E-state index in [4.69, 9.17) is 4.74 Å². The summed E-state index contributed by atoms with van der Waals surface area (Å²) in [4.78, 5) is 13.5. The van der Waals surface area contributed by atoms with Crippen LogP contribution in [0.1, 0.15) is 33.6 Å². The minimum absolute atomic E-state index is 0.107. The largest absolute Gasteiger partial charge is 0.480 e. The van der Waals surface area contributed by atoms with Crippen LogP contribution in [-0.2, 0) is 9.53 Å². The number of carboxylic acids is 1. The Morgan fingerprint density at radius 1 is 1.38 bits per heavy atom. The summed E-state index contributed by atoms with van der Waals surface area (Å²) in [6, 6.07) is 0. The molecule has 0 aromatic carbocycles. The number of carbonyl (C=O) groups is 1. The number of aliphatic carboxylic acids is 1. The summed E-state index contributed by atoms with van der Waals surface area (Å²) in [7, 11) is 1.91. The van der Waals surface area contributed by atoms with Crippen LogP contribution in [0.4, 0.5) is 0 Å². The molecule has 1 saturated heterocycles. The highest BCUT2D eigenvalue weighted by Gasteiger charge is 2.44. The van der Waals surface area contributed by atoms with Gasteiger partial charge in [-0.2, -0.15) is 0 Å². The molecular weight excluding hydrogens is 206 g/mol. The molecule has 4 nitrogen and oxygen atoms in total. The van der Waals surface area contributed by atoms with Crippen molar-refractivity contribution >= 4 is 5.97 Å². The number of ether oxygens (including phenoxy) is 1. The van der Waals surface area contributed by atoms with Crippen LogP contribution in [0.25, 0.3) is 0 Å². The average Bonchev–Trinajstić information content (AvgIpc) is 2.16. The summed E-state index contributed by atoms with van der Waals surface area (Å²) in [5, 5.41) is 9.46. The highest BCUT2D eigenvalue weighted by Crippen LogP contribution is 2.30. The lowest BCUT2D eigenvalue weighted by Crippen LogP contribution is -2.57. The third kappa shape index (κ3) is 2.95. The summed E-state index contributed by atoms with van der Waals surface area (Å²) in [5.74, 6) is -0.720. The zero-order valence-corrected chi connectivity index (χ0v) is 10.7. The van der Waals surface area contributed by atoms with Crippen molar-refractivity contribution in [2.45, 2.75) is 39.2 Å². The smallest absolute Gasteiger partial charge is 0.324 e. The minimum Gasteiger partial charge on any atom is -0.480 e. The van der Waals surface area contributed by atoms with E-state index in [1.165, 1.54) is 0 Å². The van der Waals surface area contributed by atoms with Gasteiger partial charge in [0, 0.05) is 19.8 Å². The normalized spacial score (nSPS) is 21.1. The van der Waals surface area contributed by atoms with Gasteiger partial charge in [0.25, 0.3) is 0 Å². The van der Waals surface area contributed by atoms with Crippen LogP contribution >= 0.6 is 0 Å². The van der Waals surface area contributed by atoms with Gasteiger partial charge in [-0.3, -0.25) is 9.69 Å². The Labute approximate surface area is 97.6 Å². The fourth-order valence-corrected chi connectivity index (χ4v) is 2.33. The van der Waals surface area contributed by atoms with Gasteiger partial charge in [0.05, 0.1) is 0 Å². The number of hydrogen-bond acceptors (Lipinski definition) is 3. The molecule has 0 bridgehead atoms. The van der Waals surface area contributed by atoms with E-state index in [2.05, 4.69) is 20.8 Å². The molecule has 0 aromatic rings. The first-order chi connectivity index (χ1) is 7.28. The first-order valence-corrected chi connectivity index (χ1v) is 5.80. The van der Waals surface area contributed by atoms with Gasteiger partial charge in [0.15, 0.2) is 0 Å². The van der Waals surface area contributed by atoms with Crippen molar-refractivity contribution in [1.29, 1.82) is 0 Å². The van der Waals surface area contributed by atoms with E-state index in [9.17, 15) is 9.90 Å². The molecule has 4 heteroatoms. The first-order valence-electron chi connectivity index (χ1n) is 5.80. The Morgan fingerprint density at radius 3 is 2.25 bits per heavy atom. The quantitative estimate of drug-likeness (QED) is 0.798. The molecule has 1 fully saturated rings. The molecule has 0 amide bonds. The van der Waals surface area contributed by atoms with Gasteiger partial charge in [-0.05, 0) is 25.3 Å². The van der Waals surface area contributed by atoms with Crippen LogP contribution in [-0.4, -0.2) is 48.3 Å². The predicted octanol–water partition coefficient (Wildman–Crippen LogP) is 1.60. The maximum absolute atomic E-state index is 11.5. The van der Waals surface area contributed by atoms with Gasteiger partial charge in [-0.15, -0.1) is 0 Å². The highest BCUT2D eigenvalue weighted by molar-refractivity contribution is 5.78. The van der Waals surface area contributed by atoms with Crippen LogP contribution in [0.5, 0.6) is 0 Å². The molecule has 0 spiro atoms. The zero-order valence-electron chi connectivity index (χ0n) is 10.7. The molecule has 16 heavy (non-hydrogen) atoms. The molecule has 1 aliphatic rings. The Hall–Kier alpha value is -0.610. The lowest BCUT2D eigenvalue weighted by atomic mass is 9.85. The molecule has 1 N–H and O–H groups in total. The molecular formula is C12H23NO3. The van der Waals surface area contributed by atoms with Crippen molar-refractivity contribution in [1.82, 2.24) is 4.90 Å². The number of nitrogens with zero attached hydrogens (tertiary/aromatic N) is 1. The van der Waals surface area contributed by atoms with E-state index in [-0.39, 0.29) is 5.41 Å². The lowest BCUT2D eigenvalue weighted by Gasteiger charge is -2.43. The second kappa shape index (κ2) is 4.72. The predicted molar refractivity (Wildman–Crippen MR) is 62.5 cm³/mol. The number of likely N-dealkylation sites (N-methyl/N-ethyl adjacent to an activating group) is 1. The van der Waals surface area contributed by atoms with Crippen LogP contribution in [0, 0.1) is 5.41 Å². The van der Waals surface area contributed by atoms with Crippen LogP contribution in [0.15, 0.2) is 0 Å². The lowest BCUT2D eigenvalue weighted by molar-refractivity contribution is -0.158. The third-order valence-electron chi connectivity index (χ3n) is 3.16. The molecule has 1 rings (SSSR count). The Morgan fingerprint density at radius 2 is 1.88 bits per heavy atom. The maximum Gasteiger partial charge on any atom is 0.324 e. The van der Waals surface area contributed by atoms with E-state index in [1.54, 1.807) is 0 Å². The Bertz CT molecular complexity index is 251. The monoisotopic (exact) mass is 229 g/mol. The third-order valence-corrected chi connectivity index (χ3v) is 3.16. The minimum atomic E-state index is -0.731. The second-order valence-electron chi connectivity index (χ2n) is 5.87. The van der Waals surface area contributed by atoms with E-state index in [0.29, 0.717) is 26.1 Å². The highest BCUT2D eigenvalue weighted by atomic mass is 16.5.